The van der Waals surface area contributed by atoms with E-state index in [1.165, 1.54) is 6.07 Å². The quantitative estimate of drug-likeness (QED) is 0.452. The summed E-state index contributed by atoms with van der Waals surface area (Å²) in [6.07, 6.45) is 1.09. The molecule has 0 fully saturated rings. The summed E-state index contributed by atoms with van der Waals surface area (Å²) in [7, 11) is 0. The van der Waals surface area contributed by atoms with Crippen molar-refractivity contribution in [1.82, 2.24) is 5.32 Å². The van der Waals surface area contributed by atoms with E-state index < -0.39 is 5.91 Å². The Hall–Kier alpha value is -2.97. The second-order valence-electron chi connectivity index (χ2n) is 6.12. The molecule has 2 aromatic carbocycles. The summed E-state index contributed by atoms with van der Waals surface area (Å²) >= 11 is 8.28. The molecule has 0 aliphatic carbocycles. The standard InChI is InChI=1S/C21H18BrN3O3S/c22-18-12-11-17(28-18)20(27)25-21(29)24-16-9-7-15(8-10-16)23-19(26)13-6-14-4-2-1-3-5-14/h1-5,7-12H,6,13H2,(H,23,26)(H2,24,25,27,29). The van der Waals surface area contributed by atoms with Gasteiger partial charge in [0.05, 0.1) is 0 Å². The summed E-state index contributed by atoms with van der Waals surface area (Å²) in [6.45, 7) is 0. The van der Waals surface area contributed by atoms with Crippen LogP contribution in [0.1, 0.15) is 22.5 Å². The van der Waals surface area contributed by atoms with Crippen molar-refractivity contribution in [2.45, 2.75) is 12.8 Å². The molecule has 0 spiro atoms. The molecule has 0 saturated carbocycles. The lowest BCUT2D eigenvalue weighted by atomic mass is 10.1. The van der Waals surface area contributed by atoms with Gasteiger partial charge in [0.25, 0.3) is 5.91 Å². The maximum atomic E-state index is 12.1. The van der Waals surface area contributed by atoms with Gasteiger partial charge in [-0.15, -0.1) is 0 Å². The van der Waals surface area contributed by atoms with E-state index >= 15 is 0 Å². The van der Waals surface area contributed by atoms with Crippen LogP contribution in [0, 0.1) is 0 Å². The van der Waals surface area contributed by atoms with Gasteiger partial charge >= 0.3 is 0 Å². The van der Waals surface area contributed by atoms with Crippen molar-refractivity contribution in [2.24, 2.45) is 0 Å². The van der Waals surface area contributed by atoms with Crippen molar-refractivity contribution in [2.75, 3.05) is 10.6 Å². The molecule has 0 saturated heterocycles. The van der Waals surface area contributed by atoms with Crippen LogP contribution in [0.5, 0.6) is 0 Å². The highest BCUT2D eigenvalue weighted by Crippen LogP contribution is 2.15. The predicted octanol–water partition coefficient (Wildman–Crippen LogP) is 4.74. The summed E-state index contributed by atoms with van der Waals surface area (Å²) in [4.78, 5) is 24.1. The highest BCUT2D eigenvalue weighted by atomic mass is 79.9. The summed E-state index contributed by atoms with van der Waals surface area (Å²) in [6, 6.07) is 20.1. The number of thiocarbonyl (C=S) groups is 1. The molecule has 0 atom stereocenters. The molecule has 0 unspecified atom stereocenters. The summed E-state index contributed by atoms with van der Waals surface area (Å²) in [5, 5.41) is 8.45. The van der Waals surface area contributed by atoms with Crippen LogP contribution in [0.4, 0.5) is 11.4 Å². The zero-order valence-corrected chi connectivity index (χ0v) is 17.7. The van der Waals surface area contributed by atoms with Gasteiger partial charge in [0.15, 0.2) is 15.5 Å². The first kappa shape index (κ1) is 20.8. The van der Waals surface area contributed by atoms with Gasteiger partial charge < -0.3 is 15.1 Å². The highest BCUT2D eigenvalue weighted by molar-refractivity contribution is 9.10. The minimum absolute atomic E-state index is 0.0537. The molecule has 3 aromatic rings. The molecule has 1 aromatic heterocycles. The number of nitrogens with one attached hydrogen (secondary N) is 3. The highest BCUT2D eigenvalue weighted by Gasteiger charge is 2.12. The smallest absolute Gasteiger partial charge is 0.293 e. The SMILES string of the molecule is O=C(CCc1ccccc1)Nc1ccc(NC(=S)NC(=O)c2ccc(Br)o2)cc1. The average Bonchev–Trinajstić information content (AvgIpc) is 3.15. The second kappa shape index (κ2) is 9.99. The predicted molar refractivity (Wildman–Crippen MR) is 120 cm³/mol. The van der Waals surface area contributed by atoms with E-state index in [1.54, 1.807) is 30.3 Å². The summed E-state index contributed by atoms with van der Waals surface area (Å²) in [5.74, 6) is -0.355. The molecule has 148 valence electrons. The molecule has 0 aliphatic heterocycles. The molecule has 3 rings (SSSR count). The van der Waals surface area contributed by atoms with E-state index in [9.17, 15) is 9.59 Å². The fourth-order valence-corrected chi connectivity index (χ4v) is 3.04. The van der Waals surface area contributed by atoms with Crippen molar-refractivity contribution < 1.29 is 14.0 Å². The van der Waals surface area contributed by atoms with Crippen LogP contribution in [-0.4, -0.2) is 16.9 Å². The maximum absolute atomic E-state index is 12.1. The lowest BCUT2D eigenvalue weighted by molar-refractivity contribution is -0.116. The van der Waals surface area contributed by atoms with E-state index in [2.05, 4.69) is 31.9 Å². The number of halogens is 1. The Morgan fingerprint density at radius 3 is 2.17 bits per heavy atom. The molecule has 8 heteroatoms. The van der Waals surface area contributed by atoms with E-state index in [0.717, 1.165) is 5.56 Å². The van der Waals surface area contributed by atoms with E-state index in [-0.39, 0.29) is 16.8 Å². The fraction of sp³-hybridized carbons (Fsp3) is 0.0952. The van der Waals surface area contributed by atoms with Gasteiger partial charge in [-0.05, 0) is 76.5 Å². The Morgan fingerprint density at radius 1 is 0.897 bits per heavy atom. The number of carbonyl (C=O) groups is 2. The van der Waals surface area contributed by atoms with Gasteiger partial charge in [-0.3, -0.25) is 14.9 Å². The van der Waals surface area contributed by atoms with E-state index in [0.29, 0.717) is 28.9 Å². The van der Waals surface area contributed by atoms with Gasteiger partial charge in [0, 0.05) is 17.8 Å². The molecule has 0 bridgehead atoms. The number of carbonyl (C=O) groups excluding carboxylic acids is 2. The summed E-state index contributed by atoms with van der Waals surface area (Å²) in [5.41, 5.74) is 2.49. The molecular weight excluding hydrogens is 454 g/mol. The number of amides is 2. The molecule has 6 nitrogen and oxygen atoms in total. The lowest BCUT2D eigenvalue weighted by Gasteiger charge is -2.10. The molecule has 29 heavy (non-hydrogen) atoms. The maximum Gasteiger partial charge on any atom is 0.293 e. The van der Waals surface area contributed by atoms with Crippen LogP contribution in [0.15, 0.2) is 75.8 Å². The van der Waals surface area contributed by atoms with Crippen molar-refractivity contribution in [3.8, 4) is 0 Å². The molecule has 1 heterocycles. The van der Waals surface area contributed by atoms with Crippen molar-refractivity contribution in [3.63, 3.8) is 0 Å². The van der Waals surface area contributed by atoms with Gasteiger partial charge in [-0.1, -0.05) is 30.3 Å². The van der Waals surface area contributed by atoms with E-state index in [1.807, 2.05) is 30.3 Å². The zero-order valence-electron chi connectivity index (χ0n) is 15.3. The number of anilines is 2. The van der Waals surface area contributed by atoms with Crippen LogP contribution >= 0.6 is 28.1 Å². The molecule has 0 radical (unpaired) electrons. The third kappa shape index (κ3) is 6.55. The van der Waals surface area contributed by atoms with Crippen LogP contribution in [-0.2, 0) is 11.2 Å². The number of hydrogen-bond acceptors (Lipinski definition) is 4. The first-order valence-corrected chi connectivity index (χ1v) is 10.0. The zero-order chi connectivity index (χ0) is 20.6. The van der Waals surface area contributed by atoms with Crippen molar-refractivity contribution in [3.05, 3.63) is 82.7 Å². The minimum Gasteiger partial charge on any atom is -0.444 e. The van der Waals surface area contributed by atoms with Crippen LogP contribution < -0.4 is 16.0 Å². The first-order valence-electron chi connectivity index (χ1n) is 8.81. The van der Waals surface area contributed by atoms with Gasteiger partial charge in [-0.2, -0.15) is 0 Å². The monoisotopic (exact) mass is 471 g/mol. The molecule has 2 amide bonds. The number of furan rings is 1. The number of hydrogen-bond donors (Lipinski definition) is 3. The number of aryl methyl sites for hydroxylation is 1. The van der Waals surface area contributed by atoms with Crippen LogP contribution in [0.25, 0.3) is 0 Å². The Morgan fingerprint density at radius 2 is 1.55 bits per heavy atom. The Kier molecular flexibility index (Phi) is 7.15. The van der Waals surface area contributed by atoms with Gasteiger partial charge in [0.2, 0.25) is 5.91 Å². The van der Waals surface area contributed by atoms with Gasteiger partial charge in [-0.25, -0.2) is 0 Å². The van der Waals surface area contributed by atoms with E-state index in [4.69, 9.17) is 16.6 Å². The normalized spacial score (nSPS) is 10.2. The minimum atomic E-state index is -0.449. The van der Waals surface area contributed by atoms with Gasteiger partial charge in [0.1, 0.15) is 0 Å². The van der Waals surface area contributed by atoms with Crippen molar-refractivity contribution >= 4 is 56.4 Å². The van der Waals surface area contributed by atoms with Crippen molar-refractivity contribution in [1.29, 1.82) is 0 Å². The summed E-state index contributed by atoms with van der Waals surface area (Å²) < 4.78 is 5.64. The Bertz CT molecular complexity index is 1000. The van der Waals surface area contributed by atoms with Crippen LogP contribution in [0.3, 0.4) is 0 Å². The Labute approximate surface area is 181 Å². The number of benzene rings is 2. The third-order valence-corrected chi connectivity index (χ3v) is 4.56. The molecule has 3 N–H and O–H groups in total. The van der Waals surface area contributed by atoms with Crippen LogP contribution in [0.2, 0.25) is 0 Å². The first-order chi connectivity index (χ1) is 14.0. The molecular formula is C21H18BrN3O3S. The molecule has 0 aliphatic rings. The third-order valence-electron chi connectivity index (χ3n) is 3.93. The largest absolute Gasteiger partial charge is 0.444 e. The Balaban J connectivity index is 1.46. The second-order valence-corrected chi connectivity index (χ2v) is 7.31. The number of rotatable bonds is 6. The topological polar surface area (TPSA) is 83.4 Å². The fourth-order valence-electron chi connectivity index (χ4n) is 2.53. The lowest BCUT2D eigenvalue weighted by Crippen LogP contribution is -2.33. The average molecular weight is 472 g/mol.